The van der Waals surface area contributed by atoms with E-state index in [-0.39, 0.29) is 25.0 Å². The summed E-state index contributed by atoms with van der Waals surface area (Å²) in [5, 5.41) is 3.95. The predicted molar refractivity (Wildman–Crippen MR) is 61.1 cm³/mol. The van der Waals surface area contributed by atoms with Crippen molar-refractivity contribution in [2.24, 2.45) is 0 Å². The normalized spacial score (nSPS) is 10.4. The molecule has 1 rings (SSSR count). The average Bonchev–Trinajstić information content (AvgIpc) is 2.77. The van der Waals surface area contributed by atoms with Crippen LogP contribution < -0.4 is 0 Å². The second kappa shape index (κ2) is 6.03. The van der Waals surface area contributed by atoms with Gasteiger partial charge in [-0.25, -0.2) is 0 Å². The van der Waals surface area contributed by atoms with Crippen molar-refractivity contribution in [3.8, 4) is 0 Å². The van der Waals surface area contributed by atoms with Crippen molar-refractivity contribution < 1.29 is 14.3 Å². The Morgan fingerprint density at radius 2 is 2.18 bits per heavy atom. The Morgan fingerprint density at radius 1 is 1.47 bits per heavy atom. The molecule has 6 nitrogen and oxygen atoms in total. The summed E-state index contributed by atoms with van der Waals surface area (Å²) >= 11 is 0. The van der Waals surface area contributed by atoms with Crippen LogP contribution in [0.2, 0.25) is 0 Å². The first-order valence-corrected chi connectivity index (χ1v) is 5.38. The molecule has 94 valence electrons. The summed E-state index contributed by atoms with van der Waals surface area (Å²) < 4.78 is 6.08. The van der Waals surface area contributed by atoms with Crippen LogP contribution in [0.4, 0.5) is 0 Å². The van der Waals surface area contributed by atoms with Gasteiger partial charge in [-0.1, -0.05) is 0 Å². The molecular formula is C11H17N3O3. The predicted octanol–water partition coefficient (Wildman–Crippen LogP) is 0.293. The van der Waals surface area contributed by atoms with Gasteiger partial charge in [0.05, 0.1) is 7.11 Å². The highest BCUT2D eigenvalue weighted by molar-refractivity contribution is 5.82. The third kappa shape index (κ3) is 3.90. The maximum atomic E-state index is 12.0. The number of rotatable bonds is 5. The number of aromatic nitrogens is 2. The minimum atomic E-state index is -0.424. The maximum Gasteiger partial charge on any atom is 0.325 e. The maximum absolute atomic E-state index is 12.0. The van der Waals surface area contributed by atoms with E-state index >= 15 is 0 Å². The van der Waals surface area contributed by atoms with E-state index in [0.29, 0.717) is 0 Å². The molecule has 17 heavy (non-hydrogen) atoms. The molecule has 0 radical (unpaired) electrons. The lowest BCUT2D eigenvalue weighted by Crippen LogP contribution is -2.42. The van der Waals surface area contributed by atoms with Crippen molar-refractivity contribution in [3.05, 3.63) is 18.5 Å². The lowest BCUT2D eigenvalue weighted by atomic mass is 10.3. The van der Waals surface area contributed by atoms with Gasteiger partial charge in [0.25, 0.3) is 0 Å². The molecule has 0 bridgehead atoms. The first kappa shape index (κ1) is 13.2. The molecule has 0 aromatic carbocycles. The van der Waals surface area contributed by atoms with Gasteiger partial charge in [-0.3, -0.25) is 14.3 Å². The summed E-state index contributed by atoms with van der Waals surface area (Å²) in [6.07, 6.45) is 3.31. The Labute approximate surface area is 100 Å². The third-order valence-corrected chi connectivity index (χ3v) is 2.33. The molecule has 0 fully saturated rings. The molecule has 0 saturated carbocycles. The van der Waals surface area contributed by atoms with E-state index in [4.69, 9.17) is 0 Å². The van der Waals surface area contributed by atoms with Crippen LogP contribution in [-0.2, 0) is 20.9 Å². The number of ether oxygens (including phenoxy) is 1. The summed E-state index contributed by atoms with van der Waals surface area (Å²) in [5.41, 5.74) is 0. The fraction of sp³-hybridized carbons (Fsp3) is 0.545. The second-order valence-electron chi connectivity index (χ2n) is 3.90. The van der Waals surface area contributed by atoms with Gasteiger partial charge in [0, 0.05) is 18.4 Å². The first-order valence-electron chi connectivity index (χ1n) is 5.38. The Morgan fingerprint density at radius 3 is 2.65 bits per heavy atom. The molecule has 0 N–H and O–H groups in total. The summed E-state index contributed by atoms with van der Waals surface area (Å²) in [6, 6.07) is 1.69. The summed E-state index contributed by atoms with van der Waals surface area (Å²) in [6.45, 7) is 3.80. The Bertz CT molecular complexity index is 373. The van der Waals surface area contributed by atoms with Crippen LogP contribution in [0.15, 0.2) is 18.5 Å². The molecule has 0 spiro atoms. The Hall–Kier alpha value is -1.85. The fourth-order valence-electron chi connectivity index (χ4n) is 1.39. The number of methoxy groups -OCH3 is 1. The van der Waals surface area contributed by atoms with E-state index in [0.717, 1.165) is 0 Å². The monoisotopic (exact) mass is 239 g/mol. The van der Waals surface area contributed by atoms with E-state index in [1.165, 1.54) is 16.7 Å². The molecule has 0 aliphatic heterocycles. The van der Waals surface area contributed by atoms with Crippen LogP contribution in [0.25, 0.3) is 0 Å². The number of carbonyl (C=O) groups excluding carboxylic acids is 2. The molecule has 1 aromatic rings. The Balaban J connectivity index is 2.64. The van der Waals surface area contributed by atoms with Crippen LogP contribution in [0, 0.1) is 0 Å². The average molecular weight is 239 g/mol. The zero-order chi connectivity index (χ0) is 12.8. The van der Waals surface area contributed by atoms with Crippen LogP contribution >= 0.6 is 0 Å². The Kier molecular flexibility index (Phi) is 4.68. The van der Waals surface area contributed by atoms with E-state index in [9.17, 15) is 9.59 Å². The second-order valence-corrected chi connectivity index (χ2v) is 3.90. The fourth-order valence-corrected chi connectivity index (χ4v) is 1.39. The zero-order valence-corrected chi connectivity index (χ0v) is 10.3. The van der Waals surface area contributed by atoms with Crippen molar-refractivity contribution in [2.45, 2.75) is 26.4 Å². The minimum Gasteiger partial charge on any atom is -0.468 e. The van der Waals surface area contributed by atoms with Crippen LogP contribution in [0.5, 0.6) is 0 Å². The summed E-state index contributed by atoms with van der Waals surface area (Å²) in [5.74, 6) is -0.582. The van der Waals surface area contributed by atoms with Crippen molar-refractivity contribution in [2.75, 3.05) is 13.7 Å². The van der Waals surface area contributed by atoms with Gasteiger partial charge < -0.3 is 9.64 Å². The summed E-state index contributed by atoms with van der Waals surface area (Å²) in [7, 11) is 1.30. The number of amides is 1. The van der Waals surface area contributed by atoms with E-state index < -0.39 is 5.97 Å². The molecule has 0 saturated heterocycles. The van der Waals surface area contributed by atoms with Gasteiger partial charge in [0.2, 0.25) is 5.91 Å². The molecular weight excluding hydrogens is 222 g/mol. The molecule has 0 aliphatic rings. The third-order valence-electron chi connectivity index (χ3n) is 2.33. The van der Waals surface area contributed by atoms with Gasteiger partial charge in [0.1, 0.15) is 13.1 Å². The molecule has 0 aliphatic carbocycles. The van der Waals surface area contributed by atoms with Gasteiger partial charge in [-0.15, -0.1) is 0 Å². The number of carbonyl (C=O) groups is 2. The van der Waals surface area contributed by atoms with Crippen molar-refractivity contribution in [3.63, 3.8) is 0 Å². The van der Waals surface area contributed by atoms with Crippen molar-refractivity contribution >= 4 is 11.9 Å². The lowest BCUT2D eigenvalue weighted by molar-refractivity contribution is -0.148. The number of esters is 1. The standard InChI is InChI=1S/C11H17N3O3/c1-9(2)14(8-11(16)17-3)10(15)7-13-6-4-5-12-13/h4-6,9H,7-8H2,1-3H3. The minimum absolute atomic E-state index is 0.0335. The van der Waals surface area contributed by atoms with Crippen molar-refractivity contribution in [1.82, 2.24) is 14.7 Å². The number of hydrogen-bond acceptors (Lipinski definition) is 4. The lowest BCUT2D eigenvalue weighted by Gasteiger charge is -2.25. The highest BCUT2D eigenvalue weighted by Crippen LogP contribution is 2.01. The van der Waals surface area contributed by atoms with Gasteiger partial charge in [-0.05, 0) is 19.9 Å². The number of hydrogen-bond donors (Lipinski definition) is 0. The highest BCUT2D eigenvalue weighted by Gasteiger charge is 2.20. The molecule has 1 amide bonds. The number of nitrogens with zero attached hydrogens (tertiary/aromatic N) is 3. The van der Waals surface area contributed by atoms with E-state index in [2.05, 4.69) is 9.84 Å². The molecule has 0 atom stereocenters. The smallest absolute Gasteiger partial charge is 0.325 e. The van der Waals surface area contributed by atoms with Crippen LogP contribution in [0.1, 0.15) is 13.8 Å². The first-order chi connectivity index (χ1) is 8.04. The molecule has 1 aromatic heterocycles. The van der Waals surface area contributed by atoms with E-state index in [1.807, 2.05) is 13.8 Å². The van der Waals surface area contributed by atoms with E-state index in [1.54, 1.807) is 18.5 Å². The van der Waals surface area contributed by atoms with Gasteiger partial charge in [0.15, 0.2) is 0 Å². The van der Waals surface area contributed by atoms with Crippen LogP contribution in [-0.4, -0.2) is 46.3 Å². The SMILES string of the molecule is COC(=O)CN(C(=O)Cn1cccn1)C(C)C. The largest absolute Gasteiger partial charge is 0.468 e. The highest BCUT2D eigenvalue weighted by atomic mass is 16.5. The van der Waals surface area contributed by atoms with Gasteiger partial charge >= 0.3 is 5.97 Å². The van der Waals surface area contributed by atoms with Gasteiger partial charge in [-0.2, -0.15) is 5.10 Å². The quantitative estimate of drug-likeness (QED) is 0.693. The molecule has 1 heterocycles. The molecule has 6 heteroatoms. The zero-order valence-electron chi connectivity index (χ0n) is 10.3. The topological polar surface area (TPSA) is 64.4 Å². The van der Waals surface area contributed by atoms with Crippen molar-refractivity contribution in [1.29, 1.82) is 0 Å². The van der Waals surface area contributed by atoms with Crippen LogP contribution in [0.3, 0.4) is 0 Å². The molecule has 0 unspecified atom stereocenters. The summed E-state index contributed by atoms with van der Waals surface area (Å²) in [4.78, 5) is 24.6.